The Bertz CT molecular complexity index is 496. The average Bonchev–Trinajstić information content (AvgIpc) is 2.53. The van der Waals surface area contributed by atoms with Gasteiger partial charge in [0.05, 0.1) is 6.42 Å². The summed E-state index contributed by atoms with van der Waals surface area (Å²) in [5.41, 5.74) is 1.92. The molecule has 0 bridgehead atoms. The molecule has 0 aromatic heterocycles. The van der Waals surface area contributed by atoms with Crippen LogP contribution in [-0.4, -0.2) is 18.7 Å². The Morgan fingerprint density at radius 3 is 2.22 bits per heavy atom. The number of aryl methyl sites for hydroxylation is 1. The van der Waals surface area contributed by atoms with Gasteiger partial charge in [-0.25, -0.2) is 0 Å². The molecule has 0 heterocycles. The second-order valence-electron chi connectivity index (χ2n) is 6.33. The highest BCUT2D eigenvalue weighted by molar-refractivity contribution is 6.05. The third kappa shape index (κ3) is 7.45. The summed E-state index contributed by atoms with van der Waals surface area (Å²) >= 11 is 0. The molecule has 3 nitrogen and oxygen atoms in total. The standard InChI is InChI=1S/C20H31NO2/c1-4-5-6-7-8-9-10-14-18(22)16-20(23)21(3)19-15-12-11-13-17(19)2/h11-13,15H,4-10,14,16H2,1-3H3. The van der Waals surface area contributed by atoms with Gasteiger partial charge in [0.2, 0.25) is 5.91 Å². The molecule has 1 aromatic carbocycles. The number of carbonyl (C=O) groups excluding carboxylic acids is 2. The summed E-state index contributed by atoms with van der Waals surface area (Å²) in [7, 11) is 1.74. The topological polar surface area (TPSA) is 37.4 Å². The molecular formula is C20H31NO2. The van der Waals surface area contributed by atoms with E-state index in [1.54, 1.807) is 11.9 Å². The predicted octanol–water partition coefficient (Wildman–Crippen LogP) is 5.06. The van der Waals surface area contributed by atoms with Crippen molar-refractivity contribution in [3.8, 4) is 0 Å². The van der Waals surface area contributed by atoms with Gasteiger partial charge in [-0.3, -0.25) is 9.59 Å². The highest BCUT2D eigenvalue weighted by Crippen LogP contribution is 2.19. The number of hydrogen-bond donors (Lipinski definition) is 0. The van der Waals surface area contributed by atoms with E-state index in [0.29, 0.717) is 6.42 Å². The summed E-state index contributed by atoms with van der Waals surface area (Å²) in [4.78, 5) is 25.8. The lowest BCUT2D eigenvalue weighted by molar-refractivity contribution is -0.126. The smallest absolute Gasteiger partial charge is 0.234 e. The van der Waals surface area contributed by atoms with Crippen LogP contribution in [0.5, 0.6) is 0 Å². The van der Waals surface area contributed by atoms with Crippen LogP contribution in [0.1, 0.15) is 70.3 Å². The van der Waals surface area contributed by atoms with Crippen LogP contribution >= 0.6 is 0 Å². The first-order valence-corrected chi connectivity index (χ1v) is 8.90. The highest BCUT2D eigenvalue weighted by atomic mass is 16.2. The van der Waals surface area contributed by atoms with Crippen molar-refractivity contribution in [2.75, 3.05) is 11.9 Å². The molecule has 0 unspecified atom stereocenters. The summed E-state index contributed by atoms with van der Waals surface area (Å²) < 4.78 is 0. The summed E-state index contributed by atoms with van der Waals surface area (Å²) in [6.45, 7) is 4.18. The maximum Gasteiger partial charge on any atom is 0.234 e. The number of para-hydroxylation sites is 1. The number of Topliss-reactive ketones (excluding diaryl/α,β-unsaturated/α-hetero) is 1. The van der Waals surface area contributed by atoms with Gasteiger partial charge in [-0.2, -0.15) is 0 Å². The van der Waals surface area contributed by atoms with Crippen LogP contribution in [0.15, 0.2) is 24.3 Å². The molecule has 0 radical (unpaired) electrons. The van der Waals surface area contributed by atoms with E-state index in [9.17, 15) is 9.59 Å². The number of carbonyl (C=O) groups is 2. The van der Waals surface area contributed by atoms with Crippen LogP contribution in [0.3, 0.4) is 0 Å². The maximum atomic E-state index is 12.2. The lowest BCUT2D eigenvalue weighted by Crippen LogP contribution is -2.28. The van der Waals surface area contributed by atoms with Crippen molar-refractivity contribution in [3.63, 3.8) is 0 Å². The van der Waals surface area contributed by atoms with Gasteiger partial charge in [-0.1, -0.05) is 63.6 Å². The zero-order valence-electron chi connectivity index (χ0n) is 14.9. The van der Waals surface area contributed by atoms with E-state index in [1.807, 2.05) is 31.2 Å². The van der Waals surface area contributed by atoms with Crippen LogP contribution in [0.25, 0.3) is 0 Å². The van der Waals surface area contributed by atoms with E-state index in [-0.39, 0.29) is 18.1 Å². The molecule has 0 saturated carbocycles. The molecule has 1 aromatic rings. The minimum atomic E-state index is -0.118. The van der Waals surface area contributed by atoms with Crippen LogP contribution in [0.2, 0.25) is 0 Å². The zero-order valence-corrected chi connectivity index (χ0v) is 14.9. The Kier molecular flexibility index (Phi) is 9.27. The SMILES string of the molecule is CCCCCCCCCC(=O)CC(=O)N(C)c1ccccc1C. The molecule has 0 aliphatic heterocycles. The second-order valence-corrected chi connectivity index (χ2v) is 6.33. The van der Waals surface area contributed by atoms with E-state index >= 15 is 0 Å². The van der Waals surface area contributed by atoms with Gasteiger partial charge in [0.25, 0.3) is 0 Å². The minimum Gasteiger partial charge on any atom is -0.315 e. The van der Waals surface area contributed by atoms with Gasteiger partial charge in [-0.05, 0) is 25.0 Å². The van der Waals surface area contributed by atoms with Crippen LogP contribution < -0.4 is 4.90 Å². The van der Waals surface area contributed by atoms with Gasteiger partial charge in [0.1, 0.15) is 5.78 Å². The van der Waals surface area contributed by atoms with E-state index in [2.05, 4.69) is 6.92 Å². The van der Waals surface area contributed by atoms with E-state index in [0.717, 1.165) is 24.1 Å². The Balaban J connectivity index is 2.26. The number of rotatable bonds is 11. The number of amides is 1. The zero-order chi connectivity index (χ0) is 17.1. The Hall–Kier alpha value is -1.64. The molecule has 0 aliphatic carbocycles. The number of ketones is 1. The van der Waals surface area contributed by atoms with E-state index in [1.165, 1.54) is 32.1 Å². The molecule has 1 amide bonds. The summed E-state index contributed by atoms with van der Waals surface area (Å²) in [6.07, 6.45) is 8.87. The van der Waals surface area contributed by atoms with Gasteiger partial charge < -0.3 is 4.90 Å². The number of anilines is 1. The Labute approximate surface area is 141 Å². The fourth-order valence-corrected chi connectivity index (χ4v) is 2.73. The maximum absolute atomic E-state index is 12.2. The predicted molar refractivity (Wildman–Crippen MR) is 96.8 cm³/mol. The summed E-state index contributed by atoms with van der Waals surface area (Å²) in [5, 5.41) is 0. The Morgan fingerprint density at radius 1 is 0.957 bits per heavy atom. The van der Waals surface area contributed by atoms with Crippen molar-refractivity contribution in [3.05, 3.63) is 29.8 Å². The molecule has 0 saturated heterocycles. The van der Waals surface area contributed by atoms with Crippen molar-refractivity contribution in [2.24, 2.45) is 0 Å². The quantitative estimate of drug-likeness (QED) is 0.422. The van der Waals surface area contributed by atoms with E-state index < -0.39 is 0 Å². The fourth-order valence-electron chi connectivity index (χ4n) is 2.73. The third-order valence-corrected chi connectivity index (χ3v) is 4.26. The van der Waals surface area contributed by atoms with Gasteiger partial charge >= 0.3 is 0 Å². The first-order chi connectivity index (χ1) is 11.1. The van der Waals surface area contributed by atoms with E-state index in [4.69, 9.17) is 0 Å². The lowest BCUT2D eigenvalue weighted by Gasteiger charge is -2.19. The molecule has 3 heteroatoms. The molecule has 0 fully saturated rings. The van der Waals surface area contributed by atoms with Gasteiger partial charge in [0.15, 0.2) is 0 Å². The normalized spacial score (nSPS) is 10.6. The molecule has 1 rings (SSSR count). The number of unbranched alkanes of at least 4 members (excludes halogenated alkanes) is 6. The second kappa shape index (κ2) is 11.0. The molecular weight excluding hydrogens is 286 g/mol. The summed E-state index contributed by atoms with van der Waals surface area (Å²) in [6, 6.07) is 7.74. The Morgan fingerprint density at radius 2 is 1.57 bits per heavy atom. The molecule has 0 atom stereocenters. The molecule has 23 heavy (non-hydrogen) atoms. The van der Waals surface area contributed by atoms with Crippen LogP contribution in [0, 0.1) is 6.92 Å². The van der Waals surface area contributed by atoms with Crippen molar-refractivity contribution in [2.45, 2.75) is 71.6 Å². The highest BCUT2D eigenvalue weighted by Gasteiger charge is 2.16. The first kappa shape index (κ1) is 19.4. The van der Waals surface area contributed by atoms with Gasteiger partial charge in [0, 0.05) is 19.2 Å². The minimum absolute atomic E-state index is 0.0146. The first-order valence-electron chi connectivity index (χ1n) is 8.90. The third-order valence-electron chi connectivity index (χ3n) is 4.26. The number of hydrogen-bond acceptors (Lipinski definition) is 2. The molecule has 128 valence electrons. The fraction of sp³-hybridized carbons (Fsp3) is 0.600. The molecule has 0 N–H and O–H groups in total. The average molecular weight is 317 g/mol. The van der Waals surface area contributed by atoms with Gasteiger partial charge in [-0.15, -0.1) is 0 Å². The number of benzene rings is 1. The largest absolute Gasteiger partial charge is 0.315 e. The van der Waals surface area contributed by atoms with Crippen molar-refractivity contribution < 1.29 is 9.59 Å². The molecule has 0 aliphatic rings. The van der Waals surface area contributed by atoms with Crippen molar-refractivity contribution in [1.29, 1.82) is 0 Å². The number of nitrogens with zero attached hydrogens (tertiary/aromatic N) is 1. The van der Waals surface area contributed by atoms with Crippen molar-refractivity contribution in [1.82, 2.24) is 0 Å². The lowest BCUT2D eigenvalue weighted by atomic mass is 10.1. The van der Waals surface area contributed by atoms with Crippen LogP contribution in [0.4, 0.5) is 5.69 Å². The molecule has 0 spiro atoms. The van der Waals surface area contributed by atoms with Crippen molar-refractivity contribution >= 4 is 17.4 Å². The van der Waals surface area contributed by atoms with Crippen LogP contribution in [-0.2, 0) is 9.59 Å². The summed E-state index contributed by atoms with van der Waals surface area (Å²) in [5.74, 6) is -0.0590. The monoisotopic (exact) mass is 317 g/mol.